The van der Waals surface area contributed by atoms with Crippen molar-refractivity contribution in [3.05, 3.63) is 83.6 Å². The number of rotatable bonds is 10. The molecule has 1 N–H and O–H groups in total. The standard InChI is InChI=1S/C23H24FNO5/c24-21-6-2-1-4-18(21)12-25(11-17-7-8-22-23(10-17)30-16-29-22)13-19(26)14-27-15-20-5-3-9-28-20/h1-10,19,26H,11-16H2/t19-/m0/s1. The van der Waals surface area contributed by atoms with Gasteiger partial charge >= 0.3 is 0 Å². The lowest BCUT2D eigenvalue weighted by Gasteiger charge is -2.25. The second kappa shape index (κ2) is 9.75. The van der Waals surface area contributed by atoms with Crippen molar-refractivity contribution in [2.45, 2.75) is 25.8 Å². The number of halogens is 1. The molecule has 0 radical (unpaired) electrons. The zero-order valence-electron chi connectivity index (χ0n) is 16.5. The Labute approximate surface area is 174 Å². The van der Waals surface area contributed by atoms with Crippen LogP contribution in [0.1, 0.15) is 16.9 Å². The summed E-state index contributed by atoms with van der Waals surface area (Å²) in [6.07, 6.45) is 0.845. The smallest absolute Gasteiger partial charge is 0.231 e. The molecule has 0 bridgehead atoms. The highest BCUT2D eigenvalue weighted by atomic mass is 19.1. The van der Waals surface area contributed by atoms with Gasteiger partial charge in [-0.2, -0.15) is 0 Å². The molecule has 1 atom stereocenters. The Morgan fingerprint density at radius 3 is 2.73 bits per heavy atom. The Bertz CT molecular complexity index is 947. The number of hydrogen-bond acceptors (Lipinski definition) is 6. The quantitative estimate of drug-likeness (QED) is 0.547. The molecule has 0 amide bonds. The van der Waals surface area contributed by atoms with Gasteiger partial charge < -0.3 is 23.7 Å². The molecule has 3 aromatic rings. The molecule has 0 unspecified atom stereocenters. The fourth-order valence-electron chi connectivity index (χ4n) is 3.39. The van der Waals surface area contributed by atoms with Gasteiger partial charge in [-0.15, -0.1) is 0 Å². The van der Waals surface area contributed by atoms with Gasteiger partial charge in [-0.3, -0.25) is 4.90 Å². The molecular weight excluding hydrogens is 389 g/mol. The third-order valence-electron chi connectivity index (χ3n) is 4.80. The average Bonchev–Trinajstić information content (AvgIpc) is 3.41. The van der Waals surface area contributed by atoms with Crippen molar-refractivity contribution in [3.63, 3.8) is 0 Å². The van der Waals surface area contributed by atoms with Gasteiger partial charge in [0.25, 0.3) is 0 Å². The first-order valence-corrected chi connectivity index (χ1v) is 9.80. The van der Waals surface area contributed by atoms with Gasteiger partial charge in [-0.05, 0) is 35.9 Å². The number of hydrogen-bond donors (Lipinski definition) is 1. The maximum Gasteiger partial charge on any atom is 0.231 e. The van der Waals surface area contributed by atoms with E-state index < -0.39 is 6.10 Å². The van der Waals surface area contributed by atoms with Gasteiger partial charge in [0, 0.05) is 25.2 Å². The summed E-state index contributed by atoms with van der Waals surface area (Å²) >= 11 is 0. The average molecular weight is 413 g/mol. The van der Waals surface area contributed by atoms with E-state index in [1.54, 1.807) is 30.5 Å². The summed E-state index contributed by atoms with van der Waals surface area (Å²) in [5.41, 5.74) is 1.56. The van der Waals surface area contributed by atoms with Crippen LogP contribution in [0.3, 0.4) is 0 Å². The number of fused-ring (bicyclic) bond motifs is 1. The van der Waals surface area contributed by atoms with Crippen LogP contribution in [-0.2, 0) is 24.4 Å². The first kappa shape index (κ1) is 20.4. The zero-order chi connectivity index (χ0) is 20.8. The van der Waals surface area contributed by atoms with E-state index in [-0.39, 0.29) is 19.2 Å². The van der Waals surface area contributed by atoms with Crippen LogP contribution in [0.2, 0.25) is 0 Å². The Balaban J connectivity index is 1.40. The third kappa shape index (κ3) is 5.38. The minimum Gasteiger partial charge on any atom is -0.467 e. The van der Waals surface area contributed by atoms with Crippen molar-refractivity contribution in [3.8, 4) is 11.5 Å². The van der Waals surface area contributed by atoms with Gasteiger partial charge in [0.2, 0.25) is 6.79 Å². The van der Waals surface area contributed by atoms with E-state index in [2.05, 4.69) is 0 Å². The maximum atomic E-state index is 14.2. The molecule has 0 spiro atoms. The van der Waals surface area contributed by atoms with Crippen molar-refractivity contribution in [2.75, 3.05) is 19.9 Å². The molecule has 158 valence electrons. The first-order valence-electron chi connectivity index (χ1n) is 9.80. The van der Waals surface area contributed by atoms with Crippen LogP contribution in [0.4, 0.5) is 4.39 Å². The van der Waals surface area contributed by atoms with E-state index in [0.29, 0.717) is 49.1 Å². The topological polar surface area (TPSA) is 64.3 Å². The van der Waals surface area contributed by atoms with E-state index in [1.807, 2.05) is 29.2 Å². The van der Waals surface area contributed by atoms with Crippen LogP contribution in [0.15, 0.2) is 65.3 Å². The second-order valence-corrected chi connectivity index (χ2v) is 7.20. The molecule has 2 heterocycles. The molecule has 0 fully saturated rings. The molecule has 6 nitrogen and oxygen atoms in total. The molecule has 4 rings (SSSR count). The Morgan fingerprint density at radius 2 is 1.90 bits per heavy atom. The number of benzene rings is 2. The molecule has 0 aliphatic carbocycles. The monoisotopic (exact) mass is 413 g/mol. The summed E-state index contributed by atoms with van der Waals surface area (Å²) < 4.78 is 35.8. The van der Waals surface area contributed by atoms with Crippen molar-refractivity contribution < 1.29 is 28.1 Å². The number of nitrogens with zero attached hydrogens (tertiary/aromatic N) is 1. The molecule has 30 heavy (non-hydrogen) atoms. The van der Waals surface area contributed by atoms with E-state index in [1.165, 1.54) is 6.07 Å². The maximum absolute atomic E-state index is 14.2. The fraction of sp³-hybridized carbons (Fsp3) is 0.304. The van der Waals surface area contributed by atoms with Crippen molar-refractivity contribution in [2.24, 2.45) is 0 Å². The highest BCUT2D eigenvalue weighted by molar-refractivity contribution is 5.44. The Hall–Kier alpha value is -2.87. The summed E-state index contributed by atoms with van der Waals surface area (Å²) in [7, 11) is 0. The molecule has 0 saturated heterocycles. The number of aliphatic hydroxyl groups is 1. The van der Waals surface area contributed by atoms with Gasteiger partial charge in [0.05, 0.1) is 19.0 Å². The normalized spacial score (nSPS) is 13.7. The van der Waals surface area contributed by atoms with Crippen LogP contribution in [0.25, 0.3) is 0 Å². The minimum atomic E-state index is -0.735. The highest BCUT2D eigenvalue weighted by Gasteiger charge is 2.18. The second-order valence-electron chi connectivity index (χ2n) is 7.20. The lowest BCUT2D eigenvalue weighted by Crippen LogP contribution is -2.34. The van der Waals surface area contributed by atoms with Crippen LogP contribution in [0.5, 0.6) is 11.5 Å². The SMILES string of the molecule is O[C@H](COCc1ccco1)CN(Cc1ccc2c(c1)OCO2)Cc1ccccc1F. The third-order valence-corrected chi connectivity index (χ3v) is 4.80. The fourth-order valence-corrected chi connectivity index (χ4v) is 3.39. The molecule has 1 aromatic heterocycles. The van der Waals surface area contributed by atoms with E-state index >= 15 is 0 Å². The zero-order valence-corrected chi connectivity index (χ0v) is 16.5. The minimum absolute atomic E-state index is 0.148. The molecule has 0 saturated carbocycles. The van der Waals surface area contributed by atoms with E-state index in [0.717, 1.165) is 5.56 Å². The summed E-state index contributed by atoms with van der Waals surface area (Å²) in [6.45, 7) is 1.84. The molecule has 2 aromatic carbocycles. The predicted octanol–water partition coefficient (Wildman–Crippen LogP) is 3.73. The molecular formula is C23H24FNO5. The first-order chi connectivity index (χ1) is 14.7. The van der Waals surface area contributed by atoms with Gasteiger partial charge in [0.1, 0.15) is 18.2 Å². The van der Waals surface area contributed by atoms with Gasteiger partial charge in [0.15, 0.2) is 11.5 Å². The lowest BCUT2D eigenvalue weighted by molar-refractivity contribution is 0.00238. The summed E-state index contributed by atoms with van der Waals surface area (Å²) in [4.78, 5) is 1.98. The predicted molar refractivity (Wildman–Crippen MR) is 107 cm³/mol. The van der Waals surface area contributed by atoms with Crippen molar-refractivity contribution in [1.29, 1.82) is 0 Å². The van der Waals surface area contributed by atoms with Crippen LogP contribution in [0, 0.1) is 5.82 Å². The summed E-state index contributed by atoms with van der Waals surface area (Å²) in [5, 5.41) is 10.5. The number of ether oxygens (including phenoxy) is 3. The number of furan rings is 1. The lowest BCUT2D eigenvalue weighted by atomic mass is 10.1. The number of aliphatic hydroxyl groups excluding tert-OH is 1. The molecule has 1 aliphatic rings. The van der Waals surface area contributed by atoms with Crippen LogP contribution in [-0.4, -0.2) is 36.1 Å². The highest BCUT2D eigenvalue weighted by Crippen LogP contribution is 2.33. The van der Waals surface area contributed by atoms with Crippen LogP contribution < -0.4 is 9.47 Å². The molecule has 1 aliphatic heterocycles. The Morgan fingerprint density at radius 1 is 1.03 bits per heavy atom. The van der Waals surface area contributed by atoms with E-state index in [9.17, 15) is 9.50 Å². The molecule has 7 heteroatoms. The summed E-state index contributed by atoms with van der Waals surface area (Å²) in [6, 6.07) is 16.0. The van der Waals surface area contributed by atoms with Gasteiger partial charge in [-0.25, -0.2) is 4.39 Å². The van der Waals surface area contributed by atoms with E-state index in [4.69, 9.17) is 18.6 Å². The van der Waals surface area contributed by atoms with Crippen molar-refractivity contribution in [1.82, 2.24) is 4.90 Å². The Kier molecular flexibility index (Phi) is 6.63. The van der Waals surface area contributed by atoms with Crippen LogP contribution >= 0.6 is 0 Å². The largest absolute Gasteiger partial charge is 0.467 e. The van der Waals surface area contributed by atoms with Gasteiger partial charge in [-0.1, -0.05) is 24.3 Å². The summed E-state index contributed by atoms with van der Waals surface area (Å²) in [5.74, 6) is 1.84. The van der Waals surface area contributed by atoms with Crippen molar-refractivity contribution >= 4 is 0 Å².